The summed E-state index contributed by atoms with van der Waals surface area (Å²) in [6.07, 6.45) is -15.5. The average Bonchev–Trinajstić information content (AvgIpc) is 2.52. The molecule has 0 atom stereocenters. The Balaban J connectivity index is 2.32. The van der Waals surface area contributed by atoms with E-state index < -0.39 is 24.5 Å². The first-order valence-electron chi connectivity index (χ1n) is 6.75. The third kappa shape index (κ3) is 5.25. The molecule has 0 aliphatic rings. The summed E-state index contributed by atoms with van der Waals surface area (Å²) in [6.45, 7) is 0. The summed E-state index contributed by atoms with van der Waals surface area (Å²) in [4.78, 5) is 10.6. The van der Waals surface area contributed by atoms with Gasteiger partial charge in [-0.3, -0.25) is 0 Å². The Labute approximate surface area is 147 Å². The van der Waals surface area contributed by atoms with Crippen LogP contribution in [0.1, 0.15) is 0 Å². The molecule has 0 fully saturated rings. The summed E-state index contributed by atoms with van der Waals surface area (Å²) in [6, 6.07) is 4.86. The van der Waals surface area contributed by atoms with Gasteiger partial charge in [-0.15, -0.1) is 0 Å². The zero-order valence-electron chi connectivity index (χ0n) is 12.8. The van der Waals surface area contributed by atoms with Crippen molar-refractivity contribution in [2.24, 2.45) is 0 Å². The van der Waals surface area contributed by atoms with E-state index in [1.54, 1.807) is 0 Å². The van der Waals surface area contributed by atoms with Gasteiger partial charge in [0.1, 0.15) is 0 Å². The Bertz CT molecular complexity index is 738. The van der Waals surface area contributed by atoms with Crippen LogP contribution in [-0.2, 0) is 0 Å². The second kappa shape index (κ2) is 7.40. The van der Waals surface area contributed by atoms with E-state index in [1.807, 2.05) is 0 Å². The highest BCUT2D eigenvalue weighted by Crippen LogP contribution is 2.36. The minimum atomic E-state index is -5.70. The van der Waals surface area contributed by atoms with Crippen molar-refractivity contribution in [3.05, 3.63) is 29.3 Å². The van der Waals surface area contributed by atoms with Gasteiger partial charge in [-0.2, -0.15) is 41.3 Å². The molecule has 142 valence electrons. The molecule has 26 heavy (non-hydrogen) atoms. The fourth-order valence-corrected chi connectivity index (χ4v) is 1.79. The highest BCUT2D eigenvalue weighted by atomic mass is 35.5. The molecule has 1 aromatic carbocycles. The van der Waals surface area contributed by atoms with E-state index in [-0.39, 0.29) is 11.9 Å². The molecular formula is C13H10ClF6N5O. The number of aromatic nitrogens is 3. The van der Waals surface area contributed by atoms with Crippen LogP contribution in [0.25, 0.3) is 0 Å². The van der Waals surface area contributed by atoms with Crippen LogP contribution in [0, 0.1) is 0 Å². The SMILES string of the molecule is CNc1nc(Nc2ccc(Cl)cc2)nc(OC(C(F)(F)F)C(F)(F)F)n1. The molecule has 2 rings (SSSR count). The monoisotopic (exact) mass is 401 g/mol. The highest BCUT2D eigenvalue weighted by Gasteiger charge is 2.59. The fraction of sp³-hybridized carbons (Fsp3) is 0.308. The molecule has 0 aliphatic heterocycles. The van der Waals surface area contributed by atoms with Gasteiger partial charge in [0, 0.05) is 17.8 Å². The van der Waals surface area contributed by atoms with Gasteiger partial charge in [-0.25, -0.2) is 0 Å². The van der Waals surface area contributed by atoms with E-state index in [0.717, 1.165) is 0 Å². The molecular weight excluding hydrogens is 392 g/mol. The molecule has 0 saturated heterocycles. The molecule has 6 nitrogen and oxygen atoms in total. The molecule has 0 saturated carbocycles. The second-order valence-corrected chi connectivity index (χ2v) is 5.16. The quantitative estimate of drug-likeness (QED) is 0.732. The van der Waals surface area contributed by atoms with Gasteiger partial charge in [0.2, 0.25) is 11.9 Å². The molecule has 1 heterocycles. The van der Waals surface area contributed by atoms with Gasteiger partial charge in [0.15, 0.2) is 0 Å². The number of hydrogen-bond donors (Lipinski definition) is 2. The molecule has 2 aromatic rings. The first kappa shape index (κ1) is 19.8. The maximum absolute atomic E-state index is 12.6. The minimum Gasteiger partial charge on any atom is -0.440 e. The molecule has 0 unspecified atom stereocenters. The number of benzene rings is 1. The first-order valence-corrected chi connectivity index (χ1v) is 7.13. The molecule has 0 aliphatic carbocycles. The first-order chi connectivity index (χ1) is 12.0. The van der Waals surface area contributed by atoms with Crippen LogP contribution >= 0.6 is 11.6 Å². The predicted octanol–water partition coefficient (Wildman–Crippen LogP) is 4.18. The number of nitrogens with zero attached hydrogens (tertiary/aromatic N) is 3. The van der Waals surface area contributed by atoms with Crippen LogP contribution in [0.3, 0.4) is 0 Å². The van der Waals surface area contributed by atoms with Gasteiger partial charge in [0.05, 0.1) is 0 Å². The lowest BCUT2D eigenvalue weighted by Crippen LogP contribution is -2.46. The fourth-order valence-electron chi connectivity index (χ4n) is 1.66. The summed E-state index contributed by atoms with van der Waals surface area (Å²) in [5.74, 6) is -0.626. The van der Waals surface area contributed by atoms with Crippen LogP contribution < -0.4 is 15.4 Å². The van der Waals surface area contributed by atoms with Crippen molar-refractivity contribution in [1.29, 1.82) is 0 Å². The predicted molar refractivity (Wildman–Crippen MR) is 80.6 cm³/mol. The van der Waals surface area contributed by atoms with E-state index in [2.05, 4.69) is 30.3 Å². The van der Waals surface area contributed by atoms with E-state index >= 15 is 0 Å². The smallest absolute Gasteiger partial charge is 0.434 e. The number of rotatable bonds is 5. The van der Waals surface area contributed by atoms with Crippen molar-refractivity contribution >= 4 is 29.2 Å². The van der Waals surface area contributed by atoms with Crippen molar-refractivity contribution in [2.45, 2.75) is 18.5 Å². The summed E-state index contributed by atoms with van der Waals surface area (Å²) in [5.41, 5.74) is 0.386. The van der Waals surface area contributed by atoms with Crippen molar-refractivity contribution in [1.82, 2.24) is 15.0 Å². The van der Waals surface area contributed by atoms with Crippen molar-refractivity contribution < 1.29 is 31.1 Å². The summed E-state index contributed by atoms with van der Waals surface area (Å²) in [5, 5.41) is 5.40. The Kier molecular flexibility index (Phi) is 5.64. The Morgan fingerprint density at radius 3 is 1.96 bits per heavy atom. The Morgan fingerprint density at radius 2 is 1.46 bits per heavy atom. The third-order valence-electron chi connectivity index (χ3n) is 2.76. The molecule has 1 aromatic heterocycles. The standard InChI is InChI=1S/C13H10ClF6N5O/c1-21-9-23-10(22-7-4-2-6(14)3-5-7)25-11(24-9)26-8(12(15,16)17)13(18,19)20/h2-5,8H,1H3,(H2,21,22,23,24,25). The lowest BCUT2D eigenvalue weighted by Gasteiger charge is -2.22. The summed E-state index contributed by atoms with van der Waals surface area (Å²) < 4.78 is 79.6. The largest absolute Gasteiger partial charge is 0.440 e. The lowest BCUT2D eigenvalue weighted by molar-refractivity contribution is -0.301. The second-order valence-electron chi connectivity index (χ2n) is 4.73. The van der Waals surface area contributed by atoms with Gasteiger partial charge < -0.3 is 15.4 Å². The van der Waals surface area contributed by atoms with Crippen molar-refractivity contribution in [3.8, 4) is 6.01 Å². The molecule has 0 bridgehead atoms. The van der Waals surface area contributed by atoms with Crippen molar-refractivity contribution in [3.63, 3.8) is 0 Å². The minimum absolute atomic E-state index is 0.297. The van der Waals surface area contributed by atoms with Gasteiger partial charge in [-0.05, 0) is 24.3 Å². The lowest BCUT2D eigenvalue weighted by atomic mass is 10.3. The summed E-state index contributed by atoms with van der Waals surface area (Å²) >= 11 is 5.72. The van der Waals surface area contributed by atoms with E-state index in [9.17, 15) is 26.3 Å². The topological polar surface area (TPSA) is 72.0 Å². The maximum atomic E-state index is 12.6. The average molecular weight is 402 g/mol. The number of ether oxygens (including phenoxy) is 1. The molecule has 0 radical (unpaired) electrons. The maximum Gasteiger partial charge on any atom is 0.434 e. The van der Waals surface area contributed by atoms with E-state index in [4.69, 9.17) is 11.6 Å². The number of hydrogen-bond acceptors (Lipinski definition) is 6. The zero-order chi connectivity index (χ0) is 19.5. The normalized spacial score (nSPS) is 12.2. The van der Waals surface area contributed by atoms with Gasteiger partial charge in [0.25, 0.3) is 6.10 Å². The number of anilines is 3. The van der Waals surface area contributed by atoms with Crippen LogP contribution in [-0.4, -0.2) is 40.5 Å². The van der Waals surface area contributed by atoms with Crippen LogP contribution in [0.15, 0.2) is 24.3 Å². The van der Waals surface area contributed by atoms with Crippen LogP contribution in [0.5, 0.6) is 6.01 Å². The molecule has 0 amide bonds. The molecule has 0 spiro atoms. The number of halogens is 7. The van der Waals surface area contributed by atoms with Gasteiger partial charge in [-0.1, -0.05) is 11.6 Å². The molecule has 2 N–H and O–H groups in total. The van der Waals surface area contributed by atoms with E-state index in [1.165, 1.54) is 31.3 Å². The van der Waals surface area contributed by atoms with Crippen LogP contribution in [0.2, 0.25) is 5.02 Å². The number of alkyl halides is 6. The third-order valence-corrected chi connectivity index (χ3v) is 3.01. The van der Waals surface area contributed by atoms with Crippen molar-refractivity contribution in [2.75, 3.05) is 17.7 Å². The van der Waals surface area contributed by atoms with Gasteiger partial charge >= 0.3 is 18.4 Å². The van der Waals surface area contributed by atoms with Crippen LogP contribution in [0.4, 0.5) is 43.9 Å². The Hall–Kier alpha value is -2.50. The number of nitrogens with one attached hydrogen (secondary N) is 2. The molecule has 13 heteroatoms. The summed E-state index contributed by atoms with van der Waals surface area (Å²) in [7, 11) is 1.32. The highest BCUT2D eigenvalue weighted by molar-refractivity contribution is 6.30. The van der Waals surface area contributed by atoms with E-state index in [0.29, 0.717) is 10.7 Å². The Morgan fingerprint density at radius 1 is 0.923 bits per heavy atom. The zero-order valence-corrected chi connectivity index (χ0v) is 13.5.